The number of alkyl halides is 1. The second-order valence-corrected chi connectivity index (χ2v) is 5.36. The number of hydrogen-bond acceptors (Lipinski definition) is 2. The van der Waals surface area contributed by atoms with Crippen LogP contribution in [0.4, 0.5) is 4.39 Å². The van der Waals surface area contributed by atoms with Gasteiger partial charge in [-0.1, -0.05) is 30.4 Å². The highest BCUT2D eigenvalue weighted by Crippen LogP contribution is 2.22. The predicted molar refractivity (Wildman–Crippen MR) is 87.6 cm³/mol. The molecule has 0 bridgehead atoms. The standard InChI is InChI=1S/C16H24FNOS/c1-11(2)9-14(7-6-8-20)15(12(3)4)16(19)18-13(5)10-17/h9,20H,1,5-8,10H2,2-4H3,(H,18,19)/b14-9-. The number of halogens is 1. The van der Waals surface area contributed by atoms with Gasteiger partial charge in [0.25, 0.3) is 5.91 Å². The summed E-state index contributed by atoms with van der Waals surface area (Å²) < 4.78 is 12.5. The zero-order valence-electron chi connectivity index (χ0n) is 12.6. The zero-order valence-corrected chi connectivity index (χ0v) is 13.4. The van der Waals surface area contributed by atoms with Gasteiger partial charge in [-0.05, 0) is 44.9 Å². The minimum absolute atomic E-state index is 0.0672. The summed E-state index contributed by atoms with van der Waals surface area (Å²) in [4.78, 5) is 12.3. The van der Waals surface area contributed by atoms with E-state index in [1.165, 1.54) is 0 Å². The summed E-state index contributed by atoms with van der Waals surface area (Å²) in [7, 11) is 0. The molecule has 0 unspecified atom stereocenters. The topological polar surface area (TPSA) is 29.1 Å². The summed E-state index contributed by atoms with van der Waals surface area (Å²) >= 11 is 4.20. The summed E-state index contributed by atoms with van der Waals surface area (Å²) in [5, 5.41) is 2.49. The van der Waals surface area contributed by atoms with Crippen LogP contribution in [0.2, 0.25) is 0 Å². The molecule has 112 valence electrons. The van der Waals surface area contributed by atoms with Gasteiger partial charge in [0.05, 0.1) is 0 Å². The number of amides is 1. The number of thiol groups is 1. The quantitative estimate of drug-likeness (QED) is 0.393. The van der Waals surface area contributed by atoms with E-state index in [2.05, 4.69) is 31.1 Å². The lowest BCUT2D eigenvalue weighted by molar-refractivity contribution is -0.116. The predicted octanol–water partition coefficient (Wildman–Crippen LogP) is 4.13. The van der Waals surface area contributed by atoms with E-state index < -0.39 is 6.67 Å². The van der Waals surface area contributed by atoms with Crippen LogP contribution in [0.5, 0.6) is 0 Å². The van der Waals surface area contributed by atoms with Crippen molar-refractivity contribution in [2.24, 2.45) is 0 Å². The van der Waals surface area contributed by atoms with E-state index in [0.717, 1.165) is 35.3 Å². The van der Waals surface area contributed by atoms with Gasteiger partial charge in [0.2, 0.25) is 0 Å². The van der Waals surface area contributed by atoms with E-state index >= 15 is 0 Å². The summed E-state index contributed by atoms with van der Waals surface area (Å²) in [5.41, 5.74) is 3.29. The first kappa shape index (κ1) is 18.7. The van der Waals surface area contributed by atoms with Gasteiger partial charge in [0.1, 0.15) is 6.67 Å². The molecule has 1 N–H and O–H groups in total. The van der Waals surface area contributed by atoms with Crippen LogP contribution in [0.15, 0.2) is 47.2 Å². The molecule has 0 aliphatic heterocycles. The minimum Gasteiger partial charge on any atom is -0.324 e. The highest BCUT2D eigenvalue weighted by molar-refractivity contribution is 7.80. The van der Waals surface area contributed by atoms with E-state index in [9.17, 15) is 9.18 Å². The van der Waals surface area contributed by atoms with E-state index in [1.807, 2.05) is 26.8 Å². The van der Waals surface area contributed by atoms with Crippen molar-refractivity contribution in [2.45, 2.75) is 33.6 Å². The lowest BCUT2D eigenvalue weighted by Gasteiger charge is -2.15. The van der Waals surface area contributed by atoms with Gasteiger partial charge in [0.15, 0.2) is 0 Å². The van der Waals surface area contributed by atoms with Crippen molar-refractivity contribution in [3.63, 3.8) is 0 Å². The average molecular weight is 297 g/mol. The normalized spacial score (nSPS) is 10.9. The third kappa shape index (κ3) is 6.75. The molecule has 0 atom stereocenters. The highest BCUT2D eigenvalue weighted by atomic mass is 32.1. The number of hydrogen-bond donors (Lipinski definition) is 2. The molecule has 0 radical (unpaired) electrons. The van der Waals surface area contributed by atoms with E-state index in [4.69, 9.17) is 0 Å². The maximum absolute atomic E-state index is 12.5. The van der Waals surface area contributed by atoms with Crippen molar-refractivity contribution in [3.05, 3.63) is 47.2 Å². The van der Waals surface area contributed by atoms with Crippen LogP contribution in [-0.2, 0) is 4.79 Å². The lowest BCUT2D eigenvalue weighted by Crippen LogP contribution is -2.26. The third-order valence-corrected chi connectivity index (χ3v) is 2.84. The molecule has 0 rings (SSSR count). The second-order valence-electron chi connectivity index (χ2n) is 4.91. The Morgan fingerprint density at radius 3 is 2.30 bits per heavy atom. The summed E-state index contributed by atoms with van der Waals surface area (Å²) in [6.07, 6.45) is 3.48. The monoisotopic (exact) mass is 297 g/mol. The molecule has 4 heteroatoms. The largest absolute Gasteiger partial charge is 0.324 e. The van der Waals surface area contributed by atoms with Crippen LogP contribution in [0.25, 0.3) is 0 Å². The van der Waals surface area contributed by atoms with Crippen LogP contribution < -0.4 is 5.32 Å². The van der Waals surface area contributed by atoms with Crippen LogP contribution in [0.1, 0.15) is 33.6 Å². The Bertz CT molecular complexity index is 445. The molecule has 0 aliphatic rings. The molecular weight excluding hydrogens is 273 g/mol. The van der Waals surface area contributed by atoms with Crippen molar-refractivity contribution in [1.29, 1.82) is 0 Å². The van der Waals surface area contributed by atoms with Gasteiger partial charge >= 0.3 is 0 Å². The minimum atomic E-state index is -0.766. The Morgan fingerprint density at radius 2 is 1.90 bits per heavy atom. The van der Waals surface area contributed by atoms with Gasteiger partial charge in [-0.15, -0.1) is 0 Å². The van der Waals surface area contributed by atoms with Gasteiger partial charge in [0, 0.05) is 11.3 Å². The SMILES string of the molecule is C=C(C)/C=C(/CCCS)C(C(=O)NC(=C)CF)=C(C)C. The van der Waals surface area contributed by atoms with Crippen molar-refractivity contribution in [1.82, 2.24) is 5.32 Å². The number of allylic oxidation sites excluding steroid dienone is 4. The second kappa shape index (κ2) is 9.59. The summed E-state index contributed by atoms with van der Waals surface area (Å²) in [5.74, 6) is 0.418. The fraction of sp³-hybridized carbons (Fsp3) is 0.438. The van der Waals surface area contributed by atoms with Crippen LogP contribution >= 0.6 is 12.6 Å². The molecule has 0 fully saturated rings. The molecule has 0 saturated carbocycles. The number of nitrogens with one attached hydrogen (secondary N) is 1. The molecule has 20 heavy (non-hydrogen) atoms. The van der Waals surface area contributed by atoms with Crippen molar-refractivity contribution >= 4 is 18.5 Å². The van der Waals surface area contributed by atoms with Gasteiger partial charge < -0.3 is 5.32 Å². The summed E-state index contributed by atoms with van der Waals surface area (Å²) in [6.45, 7) is 12.1. The number of rotatable bonds is 8. The highest BCUT2D eigenvalue weighted by Gasteiger charge is 2.16. The Hall–Kier alpha value is -1.29. The van der Waals surface area contributed by atoms with Crippen LogP contribution in [0.3, 0.4) is 0 Å². The third-order valence-electron chi connectivity index (χ3n) is 2.52. The Labute approximate surface area is 126 Å². The molecule has 0 heterocycles. The fourth-order valence-electron chi connectivity index (χ4n) is 1.79. The molecule has 0 aromatic heterocycles. The fourth-order valence-corrected chi connectivity index (χ4v) is 1.94. The number of carbonyl (C=O) groups is 1. The smallest absolute Gasteiger partial charge is 0.255 e. The first-order valence-electron chi connectivity index (χ1n) is 6.53. The number of carbonyl (C=O) groups excluding carboxylic acids is 1. The molecule has 1 amide bonds. The molecule has 0 spiro atoms. The zero-order chi connectivity index (χ0) is 15.7. The van der Waals surface area contributed by atoms with E-state index in [0.29, 0.717) is 5.57 Å². The molecule has 0 aromatic carbocycles. The van der Waals surface area contributed by atoms with E-state index in [1.54, 1.807) is 0 Å². The van der Waals surface area contributed by atoms with Gasteiger partial charge in [-0.2, -0.15) is 12.6 Å². The Balaban J connectivity index is 5.41. The van der Waals surface area contributed by atoms with Crippen molar-refractivity contribution in [3.8, 4) is 0 Å². The maximum atomic E-state index is 12.5. The van der Waals surface area contributed by atoms with Crippen molar-refractivity contribution < 1.29 is 9.18 Å². The van der Waals surface area contributed by atoms with E-state index in [-0.39, 0.29) is 11.6 Å². The first-order chi connectivity index (χ1) is 9.33. The maximum Gasteiger partial charge on any atom is 0.255 e. The molecule has 2 nitrogen and oxygen atoms in total. The Morgan fingerprint density at radius 1 is 1.30 bits per heavy atom. The lowest BCUT2D eigenvalue weighted by atomic mass is 9.95. The van der Waals surface area contributed by atoms with Gasteiger partial charge in [-0.25, -0.2) is 4.39 Å². The van der Waals surface area contributed by atoms with Crippen molar-refractivity contribution in [2.75, 3.05) is 12.4 Å². The molecule has 0 saturated heterocycles. The Kier molecular flexibility index (Phi) is 8.97. The molecular formula is C16H24FNOS. The van der Waals surface area contributed by atoms with Gasteiger partial charge in [-0.3, -0.25) is 4.79 Å². The average Bonchev–Trinajstić information content (AvgIpc) is 2.34. The van der Waals surface area contributed by atoms with Crippen LogP contribution in [0, 0.1) is 0 Å². The first-order valence-corrected chi connectivity index (χ1v) is 7.16. The van der Waals surface area contributed by atoms with Crippen LogP contribution in [-0.4, -0.2) is 18.3 Å². The molecule has 0 aliphatic carbocycles. The molecule has 0 aromatic rings. The summed E-state index contributed by atoms with van der Waals surface area (Å²) in [6, 6.07) is 0.